The molecule has 1 aliphatic carbocycles. The number of carbonyl (C=O) groups is 1. The molecule has 2 rings (SSSR count). The number of nitrogens with zero attached hydrogens (tertiary/aromatic N) is 3. The second-order valence-electron chi connectivity index (χ2n) is 3.85. The highest BCUT2D eigenvalue weighted by Crippen LogP contribution is 2.25. The molecule has 1 aliphatic rings. The van der Waals surface area contributed by atoms with E-state index in [0.717, 1.165) is 19.3 Å². The molecule has 1 heterocycles. The SMILES string of the molecule is Nc1n[nH]c(C(=O)N(CCO)C2CCC2)n1. The second kappa shape index (κ2) is 4.48. The van der Waals surface area contributed by atoms with Crippen molar-refractivity contribution in [3.8, 4) is 0 Å². The van der Waals surface area contributed by atoms with Crippen LogP contribution in [0.5, 0.6) is 0 Å². The molecule has 0 aromatic carbocycles. The molecular formula is C9H15N5O2. The maximum absolute atomic E-state index is 12.0. The number of anilines is 1. The average molecular weight is 225 g/mol. The molecule has 0 aliphatic heterocycles. The summed E-state index contributed by atoms with van der Waals surface area (Å²) in [7, 11) is 0. The lowest BCUT2D eigenvalue weighted by atomic mass is 9.91. The predicted molar refractivity (Wildman–Crippen MR) is 56.6 cm³/mol. The lowest BCUT2D eigenvalue weighted by Gasteiger charge is -2.36. The maximum Gasteiger partial charge on any atom is 0.291 e. The predicted octanol–water partition coefficient (Wildman–Crippen LogP) is -0.626. The van der Waals surface area contributed by atoms with Gasteiger partial charge in [0.25, 0.3) is 5.91 Å². The molecule has 0 unspecified atom stereocenters. The van der Waals surface area contributed by atoms with Gasteiger partial charge in [-0.25, -0.2) is 0 Å². The molecular weight excluding hydrogens is 210 g/mol. The Morgan fingerprint density at radius 3 is 2.81 bits per heavy atom. The third-order valence-corrected chi connectivity index (χ3v) is 2.82. The summed E-state index contributed by atoms with van der Waals surface area (Å²) in [5, 5.41) is 15.0. The van der Waals surface area contributed by atoms with Gasteiger partial charge >= 0.3 is 0 Å². The zero-order valence-electron chi connectivity index (χ0n) is 8.89. The van der Waals surface area contributed by atoms with Crippen LogP contribution < -0.4 is 5.73 Å². The van der Waals surface area contributed by atoms with E-state index in [9.17, 15) is 4.79 Å². The Kier molecular flexibility index (Phi) is 3.04. The van der Waals surface area contributed by atoms with Crippen molar-refractivity contribution in [2.75, 3.05) is 18.9 Å². The minimum absolute atomic E-state index is 0.0497. The van der Waals surface area contributed by atoms with Crippen molar-refractivity contribution in [2.45, 2.75) is 25.3 Å². The average Bonchev–Trinajstić information content (AvgIpc) is 2.60. The van der Waals surface area contributed by atoms with Crippen molar-refractivity contribution in [1.82, 2.24) is 20.1 Å². The fourth-order valence-corrected chi connectivity index (χ4v) is 1.76. The standard InChI is InChI=1S/C9H15N5O2/c10-9-11-7(12-13-9)8(16)14(4-5-15)6-2-1-3-6/h6,15H,1-5H2,(H3,10,11,12,13). The van der Waals surface area contributed by atoms with E-state index in [4.69, 9.17) is 10.8 Å². The summed E-state index contributed by atoms with van der Waals surface area (Å²) in [6.07, 6.45) is 3.09. The molecule has 0 bridgehead atoms. The van der Waals surface area contributed by atoms with Crippen LogP contribution in [0.4, 0.5) is 5.95 Å². The van der Waals surface area contributed by atoms with Crippen LogP contribution in [0.25, 0.3) is 0 Å². The van der Waals surface area contributed by atoms with Gasteiger partial charge in [0.15, 0.2) is 0 Å². The molecule has 88 valence electrons. The molecule has 1 aromatic heterocycles. The summed E-state index contributed by atoms with van der Waals surface area (Å²) >= 11 is 0. The number of hydrogen-bond acceptors (Lipinski definition) is 5. The van der Waals surface area contributed by atoms with Gasteiger partial charge in [-0.2, -0.15) is 4.98 Å². The van der Waals surface area contributed by atoms with Crippen LogP contribution in [0.15, 0.2) is 0 Å². The van der Waals surface area contributed by atoms with Crippen molar-refractivity contribution in [3.05, 3.63) is 5.82 Å². The van der Waals surface area contributed by atoms with Gasteiger partial charge in [-0.3, -0.25) is 9.89 Å². The van der Waals surface area contributed by atoms with E-state index in [1.54, 1.807) is 4.90 Å². The molecule has 7 nitrogen and oxygen atoms in total. The fraction of sp³-hybridized carbons (Fsp3) is 0.667. The molecule has 1 aromatic rings. The quantitative estimate of drug-likeness (QED) is 0.632. The van der Waals surface area contributed by atoms with Gasteiger partial charge < -0.3 is 15.7 Å². The Labute approximate surface area is 92.7 Å². The van der Waals surface area contributed by atoms with Crippen molar-refractivity contribution in [1.29, 1.82) is 0 Å². The number of amides is 1. The van der Waals surface area contributed by atoms with Gasteiger partial charge in [0.2, 0.25) is 11.8 Å². The number of aromatic nitrogens is 3. The number of hydrogen-bond donors (Lipinski definition) is 3. The van der Waals surface area contributed by atoms with Gasteiger partial charge in [0.1, 0.15) is 0 Å². The van der Waals surface area contributed by atoms with Crippen LogP contribution in [-0.4, -0.2) is 50.3 Å². The van der Waals surface area contributed by atoms with Crippen LogP contribution in [0, 0.1) is 0 Å². The summed E-state index contributed by atoms with van der Waals surface area (Å²) in [5.74, 6) is -0.0540. The summed E-state index contributed by atoms with van der Waals surface area (Å²) in [6, 6.07) is 0.214. The number of carbonyl (C=O) groups excluding carboxylic acids is 1. The van der Waals surface area contributed by atoms with Crippen LogP contribution in [-0.2, 0) is 0 Å². The topological polar surface area (TPSA) is 108 Å². The number of nitrogen functional groups attached to an aromatic ring is 1. The lowest BCUT2D eigenvalue weighted by molar-refractivity contribution is 0.0514. The Balaban J connectivity index is 2.09. The molecule has 16 heavy (non-hydrogen) atoms. The van der Waals surface area contributed by atoms with Gasteiger partial charge in [0.05, 0.1) is 6.61 Å². The van der Waals surface area contributed by atoms with E-state index in [1.165, 1.54) is 0 Å². The first-order chi connectivity index (χ1) is 7.72. The van der Waals surface area contributed by atoms with Crippen molar-refractivity contribution < 1.29 is 9.90 Å². The van der Waals surface area contributed by atoms with Crippen LogP contribution in [0.2, 0.25) is 0 Å². The normalized spacial score (nSPS) is 15.8. The molecule has 0 spiro atoms. The number of nitrogens with one attached hydrogen (secondary N) is 1. The van der Waals surface area contributed by atoms with Crippen LogP contribution >= 0.6 is 0 Å². The van der Waals surface area contributed by atoms with Gasteiger partial charge in [0, 0.05) is 12.6 Å². The second-order valence-corrected chi connectivity index (χ2v) is 3.85. The molecule has 0 radical (unpaired) electrons. The summed E-state index contributed by atoms with van der Waals surface area (Å²) < 4.78 is 0. The van der Waals surface area contributed by atoms with Gasteiger partial charge in [-0.1, -0.05) is 0 Å². The molecule has 1 amide bonds. The van der Waals surface area contributed by atoms with Crippen molar-refractivity contribution in [2.24, 2.45) is 0 Å². The minimum Gasteiger partial charge on any atom is -0.395 e. The van der Waals surface area contributed by atoms with Crippen molar-refractivity contribution >= 4 is 11.9 Å². The van der Waals surface area contributed by atoms with Crippen LogP contribution in [0.3, 0.4) is 0 Å². The molecule has 1 fully saturated rings. The largest absolute Gasteiger partial charge is 0.395 e. The number of aliphatic hydroxyl groups is 1. The zero-order valence-corrected chi connectivity index (χ0v) is 8.89. The molecule has 7 heteroatoms. The fourth-order valence-electron chi connectivity index (χ4n) is 1.76. The third kappa shape index (κ3) is 1.99. The van der Waals surface area contributed by atoms with Crippen molar-refractivity contribution in [3.63, 3.8) is 0 Å². The third-order valence-electron chi connectivity index (χ3n) is 2.82. The first-order valence-electron chi connectivity index (χ1n) is 5.32. The first kappa shape index (κ1) is 10.9. The first-order valence-corrected chi connectivity index (χ1v) is 5.32. The molecule has 4 N–H and O–H groups in total. The van der Waals surface area contributed by atoms with E-state index in [2.05, 4.69) is 15.2 Å². The maximum atomic E-state index is 12.0. The van der Waals surface area contributed by atoms with Crippen LogP contribution in [0.1, 0.15) is 29.9 Å². The Morgan fingerprint density at radius 2 is 2.38 bits per heavy atom. The molecule has 1 saturated carbocycles. The van der Waals surface area contributed by atoms with E-state index in [-0.39, 0.29) is 30.3 Å². The number of aliphatic hydroxyl groups excluding tert-OH is 1. The molecule has 0 atom stereocenters. The zero-order chi connectivity index (χ0) is 11.5. The van der Waals surface area contributed by atoms with E-state index < -0.39 is 0 Å². The number of nitrogens with two attached hydrogens (primary N) is 1. The minimum atomic E-state index is -0.247. The Bertz CT molecular complexity index is 374. The monoisotopic (exact) mass is 225 g/mol. The number of aromatic amines is 1. The van der Waals surface area contributed by atoms with E-state index in [0.29, 0.717) is 6.54 Å². The van der Waals surface area contributed by atoms with Gasteiger partial charge in [-0.05, 0) is 19.3 Å². The van der Waals surface area contributed by atoms with E-state index in [1.807, 2.05) is 0 Å². The molecule has 0 saturated heterocycles. The Hall–Kier alpha value is -1.63. The number of H-pyrrole nitrogens is 1. The lowest BCUT2D eigenvalue weighted by Crippen LogP contribution is -2.46. The Morgan fingerprint density at radius 1 is 1.62 bits per heavy atom. The number of rotatable bonds is 4. The highest BCUT2D eigenvalue weighted by molar-refractivity contribution is 5.91. The van der Waals surface area contributed by atoms with E-state index >= 15 is 0 Å². The van der Waals surface area contributed by atoms with Gasteiger partial charge in [-0.15, -0.1) is 5.10 Å². The summed E-state index contributed by atoms with van der Waals surface area (Å²) in [6.45, 7) is 0.274. The summed E-state index contributed by atoms with van der Waals surface area (Å²) in [5.41, 5.74) is 5.34. The smallest absolute Gasteiger partial charge is 0.291 e. The highest BCUT2D eigenvalue weighted by Gasteiger charge is 2.30. The highest BCUT2D eigenvalue weighted by atomic mass is 16.3. The summed E-state index contributed by atoms with van der Waals surface area (Å²) in [4.78, 5) is 17.4.